The quantitative estimate of drug-likeness (QED) is 0.876. The third kappa shape index (κ3) is 3.47. The van der Waals surface area contributed by atoms with Gasteiger partial charge in [0.05, 0.1) is 0 Å². The van der Waals surface area contributed by atoms with Gasteiger partial charge in [0, 0.05) is 19.3 Å². The minimum atomic E-state index is 0.929. The van der Waals surface area contributed by atoms with Crippen molar-refractivity contribution in [2.45, 2.75) is 20.3 Å². The Hall–Kier alpha value is -2.03. The fraction of sp³-hybridized carbons (Fsp3) is 0.312. The molecular weight excluding hydrogens is 234 g/mol. The molecular formula is C16H21N3. The van der Waals surface area contributed by atoms with Crippen LogP contribution in [0.5, 0.6) is 0 Å². The minimum absolute atomic E-state index is 0.929. The molecule has 0 spiro atoms. The lowest BCUT2D eigenvalue weighted by molar-refractivity contribution is 0.967. The van der Waals surface area contributed by atoms with Crippen molar-refractivity contribution in [1.82, 2.24) is 4.98 Å². The lowest BCUT2D eigenvalue weighted by atomic mass is 10.2. The summed E-state index contributed by atoms with van der Waals surface area (Å²) >= 11 is 0. The van der Waals surface area contributed by atoms with Gasteiger partial charge in [-0.15, -0.1) is 0 Å². The van der Waals surface area contributed by atoms with Crippen molar-refractivity contribution in [2.75, 3.05) is 23.8 Å². The monoisotopic (exact) mass is 255 g/mol. The molecule has 0 fully saturated rings. The van der Waals surface area contributed by atoms with Gasteiger partial charge in [0.1, 0.15) is 11.6 Å². The molecule has 0 radical (unpaired) electrons. The van der Waals surface area contributed by atoms with Crippen LogP contribution >= 0.6 is 0 Å². The van der Waals surface area contributed by atoms with Crippen LogP contribution < -0.4 is 10.2 Å². The minimum Gasteiger partial charge on any atom is -0.370 e. The van der Waals surface area contributed by atoms with E-state index in [0.717, 1.165) is 30.3 Å². The van der Waals surface area contributed by atoms with Gasteiger partial charge >= 0.3 is 0 Å². The Labute approximate surface area is 115 Å². The van der Waals surface area contributed by atoms with Crippen molar-refractivity contribution in [3.63, 3.8) is 0 Å². The van der Waals surface area contributed by atoms with Gasteiger partial charge in [-0.25, -0.2) is 4.98 Å². The van der Waals surface area contributed by atoms with Crippen molar-refractivity contribution in [3.05, 3.63) is 48.0 Å². The molecule has 2 aromatic rings. The summed E-state index contributed by atoms with van der Waals surface area (Å²) in [5.41, 5.74) is 2.41. The van der Waals surface area contributed by atoms with Crippen LogP contribution in [0.4, 0.5) is 17.3 Å². The Balaban J connectivity index is 2.18. The molecule has 0 aliphatic carbocycles. The van der Waals surface area contributed by atoms with Crippen LogP contribution in [0.15, 0.2) is 42.5 Å². The van der Waals surface area contributed by atoms with Gasteiger partial charge in [0.2, 0.25) is 0 Å². The lowest BCUT2D eigenvalue weighted by Crippen LogP contribution is -2.12. The van der Waals surface area contributed by atoms with Gasteiger partial charge in [0.25, 0.3) is 0 Å². The number of nitrogens with one attached hydrogen (secondary N) is 1. The molecule has 0 bridgehead atoms. The zero-order valence-corrected chi connectivity index (χ0v) is 11.9. The molecule has 2 rings (SSSR count). The van der Waals surface area contributed by atoms with Crippen LogP contribution in [0, 0.1) is 6.92 Å². The molecule has 0 saturated heterocycles. The molecule has 3 nitrogen and oxygen atoms in total. The van der Waals surface area contributed by atoms with Gasteiger partial charge < -0.3 is 10.2 Å². The number of aromatic nitrogens is 1. The molecule has 1 N–H and O–H groups in total. The molecule has 0 amide bonds. The van der Waals surface area contributed by atoms with Crippen molar-refractivity contribution in [3.8, 4) is 0 Å². The first-order valence-electron chi connectivity index (χ1n) is 6.72. The van der Waals surface area contributed by atoms with E-state index in [4.69, 9.17) is 0 Å². The third-order valence-electron chi connectivity index (χ3n) is 3.06. The number of hydrogen-bond acceptors (Lipinski definition) is 3. The van der Waals surface area contributed by atoms with Gasteiger partial charge in [0.15, 0.2) is 0 Å². The van der Waals surface area contributed by atoms with Crippen LogP contribution in [0.25, 0.3) is 0 Å². The molecule has 0 atom stereocenters. The van der Waals surface area contributed by atoms with E-state index in [-0.39, 0.29) is 0 Å². The molecule has 1 heterocycles. The number of rotatable bonds is 5. The summed E-state index contributed by atoms with van der Waals surface area (Å²) in [4.78, 5) is 6.72. The highest BCUT2D eigenvalue weighted by molar-refractivity contribution is 5.60. The first-order valence-corrected chi connectivity index (χ1v) is 6.72. The molecule has 1 aromatic heterocycles. The van der Waals surface area contributed by atoms with E-state index in [0.29, 0.717) is 0 Å². The summed E-state index contributed by atoms with van der Waals surface area (Å²) in [6.07, 6.45) is 1.10. The summed E-state index contributed by atoms with van der Waals surface area (Å²) in [6, 6.07) is 14.5. The van der Waals surface area contributed by atoms with Crippen molar-refractivity contribution in [2.24, 2.45) is 0 Å². The van der Waals surface area contributed by atoms with Gasteiger partial charge in [-0.2, -0.15) is 0 Å². The fourth-order valence-electron chi connectivity index (χ4n) is 1.86. The second kappa shape index (κ2) is 6.23. The van der Waals surface area contributed by atoms with E-state index in [1.165, 1.54) is 5.56 Å². The predicted molar refractivity (Wildman–Crippen MR) is 82.3 cm³/mol. The van der Waals surface area contributed by atoms with E-state index in [2.05, 4.69) is 53.3 Å². The van der Waals surface area contributed by atoms with Crippen LogP contribution in [0.2, 0.25) is 0 Å². The smallest absolute Gasteiger partial charge is 0.135 e. The molecule has 1 aromatic carbocycles. The summed E-state index contributed by atoms with van der Waals surface area (Å²) in [7, 11) is 2.04. The highest BCUT2D eigenvalue weighted by Gasteiger charge is 2.05. The number of hydrogen-bond donors (Lipinski definition) is 1. The molecule has 0 aliphatic rings. The van der Waals surface area contributed by atoms with Crippen molar-refractivity contribution >= 4 is 17.3 Å². The summed E-state index contributed by atoms with van der Waals surface area (Å²) in [5, 5.41) is 3.31. The Morgan fingerprint density at radius 2 is 1.84 bits per heavy atom. The van der Waals surface area contributed by atoms with Gasteiger partial charge in [-0.3, -0.25) is 0 Å². The highest BCUT2D eigenvalue weighted by Crippen LogP contribution is 2.22. The first-order chi connectivity index (χ1) is 9.20. The average molecular weight is 255 g/mol. The van der Waals surface area contributed by atoms with E-state index in [1.807, 2.05) is 25.2 Å². The molecule has 0 unspecified atom stereocenters. The third-order valence-corrected chi connectivity index (χ3v) is 3.06. The molecule has 19 heavy (non-hydrogen) atoms. The van der Waals surface area contributed by atoms with Crippen LogP contribution in [0.1, 0.15) is 18.9 Å². The van der Waals surface area contributed by atoms with Gasteiger partial charge in [-0.1, -0.05) is 30.7 Å². The first kappa shape index (κ1) is 13.4. The zero-order chi connectivity index (χ0) is 13.7. The standard InChI is InChI=1S/C16H21N3/c1-4-12-17-15-6-5-7-16(18-15)19(3)14-10-8-13(2)9-11-14/h5-11H,4,12H2,1-3H3,(H,17,18). The normalized spacial score (nSPS) is 10.3. The Morgan fingerprint density at radius 3 is 2.53 bits per heavy atom. The summed E-state index contributed by atoms with van der Waals surface area (Å²) in [6.45, 7) is 5.19. The second-order valence-electron chi connectivity index (χ2n) is 4.70. The maximum Gasteiger partial charge on any atom is 0.135 e. The van der Waals surface area contributed by atoms with Crippen LogP contribution in [0.3, 0.4) is 0 Å². The fourth-order valence-corrected chi connectivity index (χ4v) is 1.86. The van der Waals surface area contributed by atoms with E-state index < -0.39 is 0 Å². The average Bonchev–Trinajstić information content (AvgIpc) is 2.45. The molecule has 3 heteroatoms. The number of benzene rings is 1. The van der Waals surface area contributed by atoms with E-state index in [1.54, 1.807) is 0 Å². The SMILES string of the molecule is CCCNc1cccc(N(C)c2ccc(C)cc2)n1. The zero-order valence-electron chi connectivity index (χ0n) is 11.9. The number of pyridine rings is 1. The van der Waals surface area contributed by atoms with E-state index in [9.17, 15) is 0 Å². The molecule has 100 valence electrons. The maximum atomic E-state index is 4.62. The van der Waals surface area contributed by atoms with E-state index >= 15 is 0 Å². The maximum absolute atomic E-state index is 4.62. The molecule has 0 aliphatic heterocycles. The second-order valence-corrected chi connectivity index (χ2v) is 4.70. The Morgan fingerprint density at radius 1 is 1.11 bits per heavy atom. The number of anilines is 3. The van der Waals surface area contributed by atoms with Crippen molar-refractivity contribution in [1.29, 1.82) is 0 Å². The summed E-state index contributed by atoms with van der Waals surface area (Å²) in [5.74, 6) is 1.88. The Kier molecular flexibility index (Phi) is 4.39. The summed E-state index contributed by atoms with van der Waals surface area (Å²) < 4.78 is 0. The predicted octanol–water partition coefficient (Wildman–Crippen LogP) is 3.98. The molecule has 0 saturated carbocycles. The number of aryl methyl sites for hydroxylation is 1. The van der Waals surface area contributed by atoms with Crippen LogP contribution in [-0.4, -0.2) is 18.6 Å². The lowest BCUT2D eigenvalue weighted by Gasteiger charge is -2.19. The van der Waals surface area contributed by atoms with Crippen LogP contribution in [-0.2, 0) is 0 Å². The number of nitrogens with zero attached hydrogens (tertiary/aromatic N) is 2. The van der Waals surface area contributed by atoms with Crippen molar-refractivity contribution < 1.29 is 0 Å². The van der Waals surface area contributed by atoms with Gasteiger partial charge in [-0.05, 0) is 37.6 Å². The highest BCUT2D eigenvalue weighted by atomic mass is 15.2. The largest absolute Gasteiger partial charge is 0.370 e. The topological polar surface area (TPSA) is 28.2 Å². The Bertz CT molecular complexity index is 520.